The highest BCUT2D eigenvalue weighted by molar-refractivity contribution is 5.89. The number of carbonyl (C=O) groups excluding carboxylic acids is 2. The standard InChI is InChI=1S/C25H38O5/c1-9-15(3)21(28)29-20-14-18(26)24(7)16-11-12-23(6,10-2)30-25(16,8)19(27)13-17(24)22(20,4)5/h9-10,16-18,20,26H,2,11-14H2,1,3-8H3. The Hall–Kier alpha value is -1.46. The second-order valence-corrected chi connectivity index (χ2v) is 10.8. The lowest BCUT2D eigenvalue weighted by atomic mass is 9.42. The molecule has 3 aliphatic rings. The molecule has 0 amide bonds. The third-order valence-corrected chi connectivity index (χ3v) is 8.80. The summed E-state index contributed by atoms with van der Waals surface area (Å²) in [6.07, 6.45) is 4.59. The van der Waals surface area contributed by atoms with E-state index in [9.17, 15) is 14.7 Å². The second-order valence-electron chi connectivity index (χ2n) is 10.8. The first kappa shape index (κ1) is 23.2. The van der Waals surface area contributed by atoms with Gasteiger partial charge in [-0.15, -0.1) is 6.58 Å². The average Bonchev–Trinajstić information content (AvgIpc) is 2.67. The van der Waals surface area contributed by atoms with Gasteiger partial charge in [0.1, 0.15) is 11.7 Å². The van der Waals surface area contributed by atoms with E-state index in [-0.39, 0.29) is 23.6 Å². The predicted molar refractivity (Wildman–Crippen MR) is 116 cm³/mol. The Morgan fingerprint density at radius 3 is 2.43 bits per heavy atom. The molecule has 168 valence electrons. The van der Waals surface area contributed by atoms with Gasteiger partial charge in [0.05, 0.1) is 11.7 Å². The van der Waals surface area contributed by atoms with Crippen LogP contribution in [0.15, 0.2) is 24.3 Å². The molecule has 1 aliphatic heterocycles. The maximum Gasteiger partial charge on any atom is 0.333 e. The van der Waals surface area contributed by atoms with Crippen molar-refractivity contribution in [1.29, 1.82) is 0 Å². The summed E-state index contributed by atoms with van der Waals surface area (Å²) in [5.74, 6) is -0.507. The summed E-state index contributed by atoms with van der Waals surface area (Å²) < 4.78 is 12.3. The second kappa shape index (κ2) is 7.30. The van der Waals surface area contributed by atoms with Gasteiger partial charge >= 0.3 is 5.97 Å². The largest absolute Gasteiger partial charge is 0.458 e. The van der Waals surface area contributed by atoms with Crippen LogP contribution in [0.25, 0.3) is 0 Å². The molecule has 1 N–H and O–H groups in total. The van der Waals surface area contributed by atoms with Crippen LogP contribution < -0.4 is 0 Å². The first-order valence-electron chi connectivity index (χ1n) is 11.1. The van der Waals surface area contributed by atoms with Crippen molar-refractivity contribution in [2.75, 3.05) is 0 Å². The Bertz CT molecular complexity index is 782. The Kier molecular flexibility index (Phi) is 5.65. The molecule has 0 aromatic rings. The highest BCUT2D eigenvalue weighted by atomic mass is 16.5. The summed E-state index contributed by atoms with van der Waals surface area (Å²) in [6.45, 7) is 17.5. The molecule has 5 heteroatoms. The highest BCUT2D eigenvalue weighted by Crippen LogP contribution is 2.65. The first-order valence-corrected chi connectivity index (χ1v) is 11.1. The number of ether oxygens (including phenoxy) is 2. The van der Waals surface area contributed by atoms with Crippen molar-refractivity contribution in [2.24, 2.45) is 22.7 Å². The molecule has 1 heterocycles. The summed E-state index contributed by atoms with van der Waals surface area (Å²) >= 11 is 0. The number of hydrogen-bond donors (Lipinski definition) is 1. The van der Waals surface area contributed by atoms with Gasteiger partial charge in [-0.2, -0.15) is 0 Å². The van der Waals surface area contributed by atoms with E-state index in [1.807, 2.05) is 13.8 Å². The van der Waals surface area contributed by atoms with Crippen LogP contribution in [0.5, 0.6) is 0 Å². The van der Waals surface area contributed by atoms with Gasteiger partial charge in [-0.05, 0) is 46.5 Å². The number of esters is 1. The molecular weight excluding hydrogens is 380 g/mol. The van der Waals surface area contributed by atoms with Crippen molar-refractivity contribution in [2.45, 2.75) is 97.6 Å². The van der Waals surface area contributed by atoms with Crippen molar-refractivity contribution < 1.29 is 24.2 Å². The van der Waals surface area contributed by atoms with Crippen molar-refractivity contribution in [3.05, 3.63) is 24.3 Å². The van der Waals surface area contributed by atoms with E-state index in [1.165, 1.54) is 0 Å². The molecule has 0 aromatic carbocycles. The van der Waals surface area contributed by atoms with Gasteiger partial charge in [0.2, 0.25) is 0 Å². The summed E-state index contributed by atoms with van der Waals surface area (Å²) in [7, 11) is 0. The predicted octanol–water partition coefficient (Wildman–Crippen LogP) is 4.38. The van der Waals surface area contributed by atoms with E-state index in [0.717, 1.165) is 12.8 Å². The van der Waals surface area contributed by atoms with Crippen LogP contribution in [0, 0.1) is 22.7 Å². The van der Waals surface area contributed by atoms with Crippen LogP contribution >= 0.6 is 0 Å². The Morgan fingerprint density at radius 2 is 1.87 bits per heavy atom. The van der Waals surface area contributed by atoms with E-state index in [4.69, 9.17) is 9.47 Å². The SMILES string of the molecule is C=CC1(C)CCC2C(C)(O1)C(=O)CC1C(C)(C)C(OC(=O)C(C)=CC)CC(O)C21C. The molecule has 3 rings (SSSR count). The molecule has 7 unspecified atom stereocenters. The maximum absolute atomic E-state index is 13.5. The van der Waals surface area contributed by atoms with E-state index in [2.05, 4.69) is 27.4 Å². The molecule has 0 radical (unpaired) electrons. The molecule has 0 aromatic heterocycles. The topological polar surface area (TPSA) is 72.8 Å². The summed E-state index contributed by atoms with van der Waals surface area (Å²) in [6, 6.07) is 0. The summed E-state index contributed by atoms with van der Waals surface area (Å²) in [5.41, 5.74) is -1.90. The Balaban J connectivity index is 1.99. The summed E-state index contributed by atoms with van der Waals surface area (Å²) in [4.78, 5) is 25.9. The van der Waals surface area contributed by atoms with Crippen LogP contribution in [0.3, 0.4) is 0 Å². The average molecular weight is 419 g/mol. The van der Waals surface area contributed by atoms with Crippen LogP contribution in [-0.4, -0.2) is 40.3 Å². The third-order valence-electron chi connectivity index (χ3n) is 8.80. The molecule has 0 bridgehead atoms. The minimum absolute atomic E-state index is 0.0691. The molecule has 2 aliphatic carbocycles. The van der Waals surface area contributed by atoms with Crippen molar-refractivity contribution >= 4 is 11.8 Å². The number of fused-ring (bicyclic) bond motifs is 3. The van der Waals surface area contributed by atoms with Crippen LogP contribution in [0.1, 0.15) is 74.1 Å². The summed E-state index contributed by atoms with van der Waals surface area (Å²) in [5, 5.41) is 11.4. The number of rotatable bonds is 3. The van der Waals surface area contributed by atoms with Gasteiger partial charge in [0.25, 0.3) is 0 Å². The zero-order valence-electron chi connectivity index (χ0n) is 19.6. The van der Waals surface area contributed by atoms with E-state index < -0.39 is 34.2 Å². The highest BCUT2D eigenvalue weighted by Gasteiger charge is 2.69. The molecule has 1 saturated heterocycles. The lowest BCUT2D eigenvalue weighted by Gasteiger charge is -2.66. The van der Waals surface area contributed by atoms with Gasteiger partial charge in [-0.1, -0.05) is 32.9 Å². The molecule has 3 fully saturated rings. The minimum atomic E-state index is -0.950. The first-order chi connectivity index (χ1) is 13.8. The molecule has 5 nitrogen and oxygen atoms in total. The third kappa shape index (κ3) is 3.20. The number of carbonyl (C=O) groups is 2. The minimum Gasteiger partial charge on any atom is -0.458 e. The van der Waals surface area contributed by atoms with E-state index in [1.54, 1.807) is 26.0 Å². The molecule has 7 atom stereocenters. The Labute approximate surface area is 180 Å². The lowest BCUT2D eigenvalue weighted by molar-refractivity contribution is -0.271. The van der Waals surface area contributed by atoms with Gasteiger partial charge in [0, 0.05) is 35.2 Å². The number of aliphatic hydroxyl groups is 1. The molecule has 2 saturated carbocycles. The Morgan fingerprint density at radius 1 is 1.23 bits per heavy atom. The van der Waals surface area contributed by atoms with Gasteiger partial charge in [-0.3, -0.25) is 4.79 Å². The van der Waals surface area contributed by atoms with Crippen molar-refractivity contribution in [3.8, 4) is 0 Å². The van der Waals surface area contributed by atoms with Crippen molar-refractivity contribution in [3.63, 3.8) is 0 Å². The van der Waals surface area contributed by atoms with Crippen LogP contribution in [-0.2, 0) is 19.1 Å². The van der Waals surface area contributed by atoms with Gasteiger partial charge in [0.15, 0.2) is 5.78 Å². The van der Waals surface area contributed by atoms with Gasteiger partial charge in [-0.25, -0.2) is 4.79 Å². The van der Waals surface area contributed by atoms with Crippen molar-refractivity contribution in [1.82, 2.24) is 0 Å². The number of aliphatic hydroxyl groups excluding tert-OH is 1. The van der Waals surface area contributed by atoms with E-state index >= 15 is 0 Å². The fourth-order valence-electron chi connectivity index (χ4n) is 6.52. The van der Waals surface area contributed by atoms with E-state index in [0.29, 0.717) is 18.4 Å². The number of Topliss-reactive ketones (excluding diaryl/α,β-unsaturated/α-hetero) is 1. The number of hydrogen-bond acceptors (Lipinski definition) is 5. The quantitative estimate of drug-likeness (QED) is 0.418. The molecular formula is C25H38O5. The number of allylic oxidation sites excluding steroid dienone is 1. The normalized spacial score (nSPS) is 45.9. The van der Waals surface area contributed by atoms with Gasteiger partial charge < -0.3 is 14.6 Å². The monoisotopic (exact) mass is 418 g/mol. The zero-order chi connectivity index (χ0) is 22.7. The fourth-order valence-corrected chi connectivity index (χ4v) is 6.52. The molecule has 30 heavy (non-hydrogen) atoms. The zero-order valence-corrected chi connectivity index (χ0v) is 19.6. The maximum atomic E-state index is 13.5. The number of ketones is 1. The van der Waals surface area contributed by atoms with Crippen LogP contribution in [0.2, 0.25) is 0 Å². The fraction of sp³-hybridized carbons (Fsp3) is 0.760. The smallest absolute Gasteiger partial charge is 0.333 e. The van der Waals surface area contributed by atoms with Crippen LogP contribution in [0.4, 0.5) is 0 Å². The lowest BCUT2D eigenvalue weighted by Crippen LogP contribution is -2.71. The molecule has 0 spiro atoms.